The van der Waals surface area contributed by atoms with Crippen molar-refractivity contribution in [2.24, 2.45) is 14.1 Å². The van der Waals surface area contributed by atoms with Gasteiger partial charge in [-0.25, -0.2) is 13.2 Å². The summed E-state index contributed by atoms with van der Waals surface area (Å²) in [5.41, 5.74) is -5.42. The quantitative estimate of drug-likeness (QED) is 0.610. The molecule has 2 aromatic heterocycles. The van der Waals surface area contributed by atoms with Gasteiger partial charge in [0.2, 0.25) is 0 Å². The third-order valence-corrected chi connectivity index (χ3v) is 6.85. The van der Waals surface area contributed by atoms with E-state index in [-0.39, 0.29) is 28.6 Å². The molecule has 1 aliphatic heterocycles. The zero-order valence-corrected chi connectivity index (χ0v) is 17.4. The van der Waals surface area contributed by atoms with Crippen LogP contribution in [-0.2, 0) is 30.5 Å². The second kappa shape index (κ2) is 6.98. The molecular formula is C20H18F3N3O4S. The first-order chi connectivity index (χ1) is 14.5. The second-order valence-electron chi connectivity index (χ2n) is 7.37. The summed E-state index contributed by atoms with van der Waals surface area (Å²) in [6, 6.07) is 8.78. The molecule has 0 radical (unpaired) electrons. The largest absolute Gasteiger partial charge is 0.497 e. The van der Waals surface area contributed by atoms with Crippen LogP contribution in [0.4, 0.5) is 13.2 Å². The average Bonchev–Trinajstić information content (AvgIpc) is 3.06. The van der Waals surface area contributed by atoms with E-state index in [4.69, 9.17) is 0 Å². The number of nitrogens with zero attached hydrogens (tertiary/aromatic N) is 3. The molecule has 0 fully saturated rings. The van der Waals surface area contributed by atoms with Crippen LogP contribution in [0.1, 0.15) is 12.1 Å². The van der Waals surface area contributed by atoms with Gasteiger partial charge >= 0.3 is 11.2 Å². The fourth-order valence-electron chi connectivity index (χ4n) is 4.03. The van der Waals surface area contributed by atoms with Gasteiger partial charge < -0.3 is 4.57 Å². The van der Waals surface area contributed by atoms with E-state index in [9.17, 15) is 31.2 Å². The molecule has 7 nitrogen and oxygen atoms in total. The van der Waals surface area contributed by atoms with Crippen LogP contribution in [0.15, 0.2) is 46.0 Å². The summed E-state index contributed by atoms with van der Waals surface area (Å²) in [7, 11) is -2.73. The molecule has 0 saturated heterocycles. The molecule has 0 N–H and O–H groups in total. The van der Waals surface area contributed by atoms with Gasteiger partial charge in [-0.2, -0.15) is 13.2 Å². The Morgan fingerprint density at radius 1 is 1.00 bits per heavy atom. The fraction of sp³-hybridized carbons (Fsp3) is 0.300. The van der Waals surface area contributed by atoms with Crippen LogP contribution in [0.3, 0.4) is 0 Å². The molecule has 3 heterocycles. The Balaban J connectivity index is 2.14. The summed E-state index contributed by atoms with van der Waals surface area (Å²) in [6.07, 6.45) is 1.71. The normalized spacial score (nSPS) is 14.5. The van der Waals surface area contributed by atoms with Crippen LogP contribution in [-0.4, -0.2) is 33.4 Å². The molecule has 31 heavy (non-hydrogen) atoms. The number of hydrogen-bond donors (Lipinski definition) is 0. The molecule has 0 spiro atoms. The number of hydrogen-bond acceptors (Lipinski definition) is 4. The first kappa shape index (κ1) is 21.2. The Kier molecular flexibility index (Phi) is 4.76. The highest BCUT2D eigenvalue weighted by atomic mass is 32.2. The smallest absolute Gasteiger partial charge is 0.338 e. The minimum atomic E-state index is -5.46. The van der Waals surface area contributed by atoms with Crippen molar-refractivity contribution >= 4 is 26.3 Å². The Morgan fingerprint density at radius 2 is 1.65 bits per heavy atom. The van der Waals surface area contributed by atoms with Crippen molar-refractivity contribution in [2.45, 2.75) is 18.5 Å². The van der Waals surface area contributed by atoms with E-state index in [1.54, 1.807) is 34.9 Å². The van der Waals surface area contributed by atoms with Crippen LogP contribution in [0, 0.1) is 0 Å². The van der Waals surface area contributed by atoms with Crippen LogP contribution in [0.5, 0.6) is 0 Å². The van der Waals surface area contributed by atoms with Gasteiger partial charge in [0.15, 0.2) is 0 Å². The maximum atomic E-state index is 13.1. The molecule has 1 aromatic carbocycles. The van der Waals surface area contributed by atoms with Crippen LogP contribution >= 0.6 is 0 Å². The van der Waals surface area contributed by atoms with E-state index in [1.165, 1.54) is 24.7 Å². The highest BCUT2D eigenvalue weighted by Crippen LogP contribution is 2.39. The summed E-state index contributed by atoms with van der Waals surface area (Å²) >= 11 is 0. The third-order valence-electron chi connectivity index (χ3n) is 5.46. The Labute approximate surface area is 174 Å². The second-order valence-corrected chi connectivity index (χ2v) is 9.35. The van der Waals surface area contributed by atoms with E-state index in [1.807, 2.05) is 0 Å². The first-order valence-electron chi connectivity index (χ1n) is 9.31. The van der Waals surface area contributed by atoms with Gasteiger partial charge in [-0.15, -0.1) is 0 Å². The van der Waals surface area contributed by atoms with Gasteiger partial charge in [-0.1, -0.05) is 36.4 Å². The standard InChI is InChI=1S/C20H18F3N3O4S/c1-24-17-14(18(27)25(2)19(24)28)15(12-7-4-3-5-8-12)26-10-6-9-13(16(17)26)11-31(29,30)20(21,22)23/h3-5,7-9H,6,10-11H2,1-2H3. The van der Waals surface area contributed by atoms with Gasteiger partial charge in [-0.3, -0.25) is 13.9 Å². The summed E-state index contributed by atoms with van der Waals surface area (Å²) in [6.45, 7) is 0.321. The van der Waals surface area contributed by atoms with E-state index in [0.29, 0.717) is 17.8 Å². The molecule has 4 rings (SSSR count). The molecule has 11 heteroatoms. The number of rotatable bonds is 3. The molecule has 0 bridgehead atoms. The van der Waals surface area contributed by atoms with E-state index < -0.39 is 32.3 Å². The number of aryl methyl sites for hydroxylation is 1. The maximum Gasteiger partial charge on any atom is 0.497 e. The zero-order chi connectivity index (χ0) is 22.7. The molecule has 0 saturated carbocycles. The van der Waals surface area contributed by atoms with Gasteiger partial charge in [0, 0.05) is 20.6 Å². The molecular weight excluding hydrogens is 435 g/mol. The lowest BCUT2D eigenvalue weighted by atomic mass is 10.1. The van der Waals surface area contributed by atoms with Crippen molar-refractivity contribution in [3.05, 3.63) is 62.9 Å². The molecule has 1 aliphatic rings. The summed E-state index contributed by atoms with van der Waals surface area (Å²) in [5.74, 6) is -1.27. The predicted octanol–water partition coefficient (Wildman–Crippen LogP) is 2.43. The van der Waals surface area contributed by atoms with Gasteiger partial charge in [0.05, 0.1) is 28.0 Å². The van der Waals surface area contributed by atoms with E-state index in [0.717, 1.165) is 4.57 Å². The van der Waals surface area contributed by atoms with Crippen molar-refractivity contribution in [3.8, 4) is 11.3 Å². The molecule has 164 valence electrons. The fourth-order valence-corrected chi connectivity index (χ4v) is 4.86. The van der Waals surface area contributed by atoms with Crippen molar-refractivity contribution in [1.29, 1.82) is 0 Å². The minimum Gasteiger partial charge on any atom is -0.338 e. The minimum absolute atomic E-state index is 0.0843. The number of halogens is 3. The average molecular weight is 453 g/mol. The van der Waals surface area contributed by atoms with Crippen LogP contribution in [0.2, 0.25) is 0 Å². The molecule has 0 amide bonds. The van der Waals surface area contributed by atoms with E-state index in [2.05, 4.69) is 0 Å². The van der Waals surface area contributed by atoms with Crippen LogP contribution in [0.25, 0.3) is 27.7 Å². The first-order valence-corrected chi connectivity index (χ1v) is 11.0. The number of aromatic nitrogens is 3. The van der Waals surface area contributed by atoms with Crippen molar-refractivity contribution in [2.75, 3.05) is 5.75 Å². The number of alkyl halides is 3. The SMILES string of the molecule is Cn1c(=O)c2c(-c3ccccc3)n3c(c2n(C)c1=O)C(CS(=O)(=O)C(F)(F)F)=CCC3. The Bertz CT molecular complexity index is 1460. The van der Waals surface area contributed by atoms with Gasteiger partial charge in [-0.05, 0) is 17.6 Å². The van der Waals surface area contributed by atoms with Gasteiger partial charge in [0.25, 0.3) is 15.4 Å². The third kappa shape index (κ3) is 3.14. The predicted molar refractivity (Wildman–Crippen MR) is 110 cm³/mol. The van der Waals surface area contributed by atoms with Crippen molar-refractivity contribution in [3.63, 3.8) is 0 Å². The van der Waals surface area contributed by atoms with Crippen molar-refractivity contribution < 1.29 is 21.6 Å². The number of allylic oxidation sites excluding steroid dienone is 1. The highest BCUT2D eigenvalue weighted by Gasteiger charge is 2.46. The monoisotopic (exact) mass is 453 g/mol. The molecule has 0 unspecified atom stereocenters. The number of benzene rings is 1. The lowest BCUT2D eigenvalue weighted by molar-refractivity contribution is -0.0432. The maximum absolute atomic E-state index is 13.1. The number of fused-ring (bicyclic) bond motifs is 3. The van der Waals surface area contributed by atoms with E-state index >= 15 is 0 Å². The zero-order valence-electron chi connectivity index (χ0n) is 16.6. The van der Waals surface area contributed by atoms with Gasteiger partial charge in [0.1, 0.15) is 0 Å². The molecule has 0 aliphatic carbocycles. The lowest BCUT2D eigenvalue weighted by Gasteiger charge is -2.20. The van der Waals surface area contributed by atoms with Crippen molar-refractivity contribution in [1.82, 2.24) is 13.7 Å². The Hall–Kier alpha value is -3.08. The Morgan fingerprint density at radius 3 is 2.26 bits per heavy atom. The summed E-state index contributed by atoms with van der Waals surface area (Å²) < 4.78 is 66.8. The number of sulfone groups is 1. The summed E-state index contributed by atoms with van der Waals surface area (Å²) in [5, 5.41) is 0.156. The topological polar surface area (TPSA) is 83.1 Å². The lowest BCUT2D eigenvalue weighted by Crippen LogP contribution is -2.37. The van der Waals surface area contributed by atoms with Crippen LogP contribution < -0.4 is 11.2 Å². The molecule has 3 aromatic rings. The highest BCUT2D eigenvalue weighted by molar-refractivity contribution is 7.92. The summed E-state index contributed by atoms with van der Waals surface area (Å²) in [4.78, 5) is 25.7. The molecule has 0 atom stereocenters.